The van der Waals surface area contributed by atoms with Gasteiger partial charge in [-0.2, -0.15) is 0 Å². The summed E-state index contributed by atoms with van der Waals surface area (Å²) < 4.78 is 5.26. The van der Waals surface area contributed by atoms with Gasteiger partial charge in [0.15, 0.2) is 0 Å². The van der Waals surface area contributed by atoms with Crippen molar-refractivity contribution >= 4 is 23.1 Å². The van der Waals surface area contributed by atoms with E-state index < -0.39 is 0 Å². The molecule has 0 saturated carbocycles. The number of pyridine rings is 1. The molecule has 1 amide bonds. The third-order valence-electron chi connectivity index (χ3n) is 6.86. The molecule has 1 saturated heterocycles. The molecule has 184 valence electrons. The van der Waals surface area contributed by atoms with E-state index in [0.717, 1.165) is 44.2 Å². The molecule has 3 aromatic rings. The standard InChI is InChI=1S/C28H35N5O2/c1-28(15-17-33(20-28)19-21-8-11-23(35-3)12-9-21)14-16-32(2)26-13-10-22(18-30-26)27(34)31-25-7-5-4-6-24(25)29/h4-13,18H,14-17,19-20,29H2,1-3H3,(H,31,34). The number of hydrogen-bond acceptors (Lipinski definition) is 6. The number of likely N-dealkylation sites (tertiary alicyclic amines) is 1. The quantitative estimate of drug-likeness (QED) is 0.440. The lowest BCUT2D eigenvalue weighted by Crippen LogP contribution is -2.29. The first-order chi connectivity index (χ1) is 16.8. The van der Waals surface area contributed by atoms with E-state index in [2.05, 4.69) is 46.2 Å². The van der Waals surface area contributed by atoms with E-state index in [1.807, 2.05) is 30.3 Å². The molecule has 1 aromatic heterocycles. The second kappa shape index (κ2) is 10.8. The van der Waals surface area contributed by atoms with Crippen molar-refractivity contribution in [3.05, 3.63) is 78.0 Å². The van der Waals surface area contributed by atoms with Crippen LogP contribution in [0.5, 0.6) is 5.75 Å². The van der Waals surface area contributed by atoms with E-state index in [-0.39, 0.29) is 11.3 Å². The number of amides is 1. The highest BCUT2D eigenvalue weighted by Gasteiger charge is 2.33. The fraction of sp³-hybridized carbons (Fsp3) is 0.357. The minimum atomic E-state index is -0.222. The first-order valence-electron chi connectivity index (χ1n) is 12.0. The smallest absolute Gasteiger partial charge is 0.257 e. The summed E-state index contributed by atoms with van der Waals surface area (Å²) in [6.07, 6.45) is 3.89. The van der Waals surface area contributed by atoms with Crippen LogP contribution in [-0.2, 0) is 6.54 Å². The summed E-state index contributed by atoms with van der Waals surface area (Å²) in [6, 6.07) is 19.3. The van der Waals surface area contributed by atoms with E-state index in [4.69, 9.17) is 10.5 Å². The van der Waals surface area contributed by atoms with Gasteiger partial charge >= 0.3 is 0 Å². The number of anilines is 3. The van der Waals surface area contributed by atoms with Crippen molar-refractivity contribution in [2.45, 2.75) is 26.3 Å². The lowest BCUT2D eigenvalue weighted by molar-refractivity contribution is 0.102. The maximum atomic E-state index is 12.6. The van der Waals surface area contributed by atoms with Crippen LogP contribution in [0.2, 0.25) is 0 Å². The van der Waals surface area contributed by atoms with Gasteiger partial charge in [0.25, 0.3) is 5.91 Å². The minimum absolute atomic E-state index is 0.222. The van der Waals surface area contributed by atoms with Gasteiger partial charge in [0.1, 0.15) is 11.6 Å². The summed E-state index contributed by atoms with van der Waals surface area (Å²) in [7, 11) is 3.75. The third kappa shape index (κ3) is 6.31. The number of nitrogens with one attached hydrogen (secondary N) is 1. The highest BCUT2D eigenvalue weighted by atomic mass is 16.5. The van der Waals surface area contributed by atoms with Crippen molar-refractivity contribution in [2.75, 3.05) is 49.7 Å². The molecule has 0 aliphatic carbocycles. The van der Waals surface area contributed by atoms with Crippen molar-refractivity contribution in [1.82, 2.24) is 9.88 Å². The zero-order chi connectivity index (χ0) is 24.8. The number of benzene rings is 2. The van der Waals surface area contributed by atoms with Crippen molar-refractivity contribution in [3.8, 4) is 5.75 Å². The number of nitrogen functional groups attached to an aromatic ring is 1. The van der Waals surface area contributed by atoms with Crippen molar-refractivity contribution < 1.29 is 9.53 Å². The van der Waals surface area contributed by atoms with Crippen LogP contribution >= 0.6 is 0 Å². The van der Waals surface area contributed by atoms with Gasteiger partial charge in [0.2, 0.25) is 0 Å². The first kappa shape index (κ1) is 24.5. The van der Waals surface area contributed by atoms with Crippen LogP contribution in [0.3, 0.4) is 0 Å². The molecule has 0 radical (unpaired) electrons. The number of nitrogens with zero attached hydrogens (tertiary/aromatic N) is 3. The Morgan fingerprint density at radius 3 is 2.63 bits per heavy atom. The topological polar surface area (TPSA) is 83.7 Å². The van der Waals surface area contributed by atoms with Gasteiger partial charge in [-0.05, 0) is 66.8 Å². The lowest BCUT2D eigenvalue weighted by atomic mass is 9.86. The molecule has 7 heteroatoms. The highest BCUT2D eigenvalue weighted by Crippen LogP contribution is 2.34. The molecule has 0 bridgehead atoms. The Hall–Kier alpha value is -3.58. The fourth-order valence-electron chi connectivity index (χ4n) is 4.56. The Morgan fingerprint density at radius 2 is 1.94 bits per heavy atom. The molecule has 1 fully saturated rings. The van der Waals surface area contributed by atoms with E-state index >= 15 is 0 Å². The predicted octanol–water partition coefficient (Wildman–Crippen LogP) is 4.66. The number of aromatic nitrogens is 1. The maximum absolute atomic E-state index is 12.6. The largest absolute Gasteiger partial charge is 0.497 e. The summed E-state index contributed by atoms with van der Waals surface area (Å²) in [5, 5.41) is 2.84. The molecule has 1 aliphatic heterocycles. The number of para-hydroxylation sites is 2. The van der Waals surface area contributed by atoms with Gasteiger partial charge in [-0.25, -0.2) is 4.98 Å². The number of carbonyl (C=O) groups excluding carboxylic acids is 1. The zero-order valence-corrected chi connectivity index (χ0v) is 20.8. The van der Waals surface area contributed by atoms with Crippen LogP contribution in [0.1, 0.15) is 35.7 Å². The van der Waals surface area contributed by atoms with Crippen LogP contribution in [0.4, 0.5) is 17.2 Å². The lowest BCUT2D eigenvalue weighted by Gasteiger charge is -2.28. The molecule has 3 N–H and O–H groups in total. The Morgan fingerprint density at radius 1 is 1.17 bits per heavy atom. The molecule has 35 heavy (non-hydrogen) atoms. The maximum Gasteiger partial charge on any atom is 0.257 e. The molecule has 1 atom stereocenters. The molecular formula is C28H35N5O2. The Bertz CT molecular complexity index is 1130. The van der Waals surface area contributed by atoms with E-state index in [0.29, 0.717) is 16.9 Å². The Kier molecular flexibility index (Phi) is 7.56. The average molecular weight is 474 g/mol. The highest BCUT2D eigenvalue weighted by molar-refractivity contribution is 6.05. The van der Waals surface area contributed by atoms with Gasteiger partial charge in [-0.15, -0.1) is 0 Å². The van der Waals surface area contributed by atoms with Crippen LogP contribution < -0.4 is 20.7 Å². The molecule has 1 aliphatic rings. The SMILES string of the molecule is COc1ccc(CN2CCC(C)(CCN(C)c3ccc(C(=O)Nc4ccccc4N)cn3)C2)cc1. The third-order valence-corrected chi connectivity index (χ3v) is 6.86. The van der Waals surface area contributed by atoms with E-state index in [1.54, 1.807) is 31.5 Å². The van der Waals surface area contributed by atoms with Crippen LogP contribution in [0.25, 0.3) is 0 Å². The molecule has 2 aromatic carbocycles. The van der Waals surface area contributed by atoms with Gasteiger partial charge in [0.05, 0.1) is 24.0 Å². The summed E-state index contributed by atoms with van der Waals surface area (Å²) in [5.41, 5.74) is 9.15. The Labute approximate surface area is 207 Å². The second-order valence-corrected chi connectivity index (χ2v) is 9.74. The fourth-order valence-corrected chi connectivity index (χ4v) is 4.56. The zero-order valence-electron chi connectivity index (χ0n) is 20.8. The number of ether oxygens (including phenoxy) is 1. The summed E-state index contributed by atoms with van der Waals surface area (Å²) in [6.45, 7) is 6.45. The van der Waals surface area contributed by atoms with Gasteiger partial charge < -0.3 is 20.7 Å². The van der Waals surface area contributed by atoms with E-state index in [9.17, 15) is 4.79 Å². The molecule has 0 spiro atoms. The summed E-state index contributed by atoms with van der Waals surface area (Å²) >= 11 is 0. The summed E-state index contributed by atoms with van der Waals surface area (Å²) in [4.78, 5) is 21.8. The van der Waals surface area contributed by atoms with Gasteiger partial charge in [0, 0.05) is 32.9 Å². The molecule has 7 nitrogen and oxygen atoms in total. The monoisotopic (exact) mass is 473 g/mol. The second-order valence-electron chi connectivity index (χ2n) is 9.74. The number of methoxy groups -OCH3 is 1. The normalized spacial score (nSPS) is 17.8. The summed E-state index contributed by atoms with van der Waals surface area (Å²) in [5.74, 6) is 1.53. The van der Waals surface area contributed by atoms with Crippen LogP contribution in [0, 0.1) is 5.41 Å². The van der Waals surface area contributed by atoms with Crippen molar-refractivity contribution in [3.63, 3.8) is 0 Å². The van der Waals surface area contributed by atoms with Crippen LogP contribution in [-0.4, -0.2) is 49.6 Å². The predicted molar refractivity (Wildman–Crippen MR) is 142 cm³/mol. The average Bonchev–Trinajstić information content (AvgIpc) is 3.25. The molecule has 1 unspecified atom stereocenters. The number of carbonyl (C=O) groups is 1. The molecular weight excluding hydrogens is 438 g/mol. The van der Waals surface area contributed by atoms with Crippen LogP contribution in [0.15, 0.2) is 66.9 Å². The molecule has 2 heterocycles. The number of nitrogens with two attached hydrogens (primary N) is 1. The van der Waals surface area contributed by atoms with Crippen molar-refractivity contribution in [1.29, 1.82) is 0 Å². The minimum Gasteiger partial charge on any atom is -0.497 e. The van der Waals surface area contributed by atoms with Crippen molar-refractivity contribution in [2.24, 2.45) is 5.41 Å². The van der Waals surface area contributed by atoms with E-state index in [1.165, 1.54) is 12.0 Å². The van der Waals surface area contributed by atoms with Gasteiger partial charge in [-0.3, -0.25) is 9.69 Å². The van der Waals surface area contributed by atoms with Gasteiger partial charge in [-0.1, -0.05) is 31.2 Å². The number of hydrogen-bond donors (Lipinski definition) is 2. The Balaban J connectivity index is 1.27. The number of rotatable bonds is 9. The first-order valence-corrected chi connectivity index (χ1v) is 12.0. The molecule has 4 rings (SSSR count).